The van der Waals surface area contributed by atoms with Crippen molar-refractivity contribution in [1.29, 1.82) is 0 Å². The van der Waals surface area contributed by atoms with E-state index in [-0.39, 0.29) is 0 Å². The number of rotatable bonds is 4. The van der Waals surface area contributed by atoms with Gasteiger partial charge in [0.2, 0.25) is 10.0 Å². The maximum absolute atomic E-state index is 10.3. The van der Waals surface area contributed by atoms with Gasteiger partial charge in [0.15, 0.2) is 0 Å². The molecule has 0 saturated heterocycles. The Balaban J connectivity index is -0.000000188. The van der Waals surface area contributed by atoms with E-state index >= 15 is 0 Å². The Morgan fingerprint density at radius 3 is 1.62 bits per heavy atom. The van der Waals surface area contributed by atoms with E-state index in [1.54, 1.807) is 6.92 Å². The zero-order valence-corrected chi connectivity index (χ0v) is 12.4. The second-order valence-corrected chi connectivity index (χ2v) is 5.56. The topological polar surface area (TPSA) is 63.2 Å². The number of sulfonamides is 1. The summed E-state index contributed by atoms with van der Waals surface area (Å²) in [6, 6.07) is 0. The van der Waals surface area contributed by atoms with Gasteiger partial charge in [-0.3, -0.25) is 0 Å². The molecule has 1 N–H and O–H groups in total. The number of Topliss-reactive ketones (excluding diaryl/α,β-unsaturated/α-hetero) is 1. The minimum atomic E-state index is -2.91. The maximum Gasteiger partial charge on any atom is 0.208 e. The highest BCUT2D eigenvalue weighted by Gasteiger charge is 1.95. The summed E-state index contributed by atoms with van der Waals surface area (Å²) in [6.45, 7) is 9.90. The summed E-state index contributed by atoms with van der Waals surface area (Å²) in [7, 11) is -1.54. The van der Waals surface area contributed by atoms with Crippen LogP contribution in [0.25, 0.3) is 0 Å². The molecule has 0 radical (unpaired) electrons. The van der Waals surface area contributed by atoms with Crippen molar-refractivity contribution < 1.29 is 13.2 Å². The van der Waals surface area contributed by atoms with Crippen molar-refractivity contribution in [2.45, 2.75) is 47.5 Å². The highest BCUT2D eigenvalue weighted by Crippen LogP contribution is 2.02. The largest absolute Gasteiger partial charge is 0.300 e. The van der Waals surface area contributed by atoms with Crippen molar-refractivity contribution in [3.63, 3.8) is 0 Å². The van der Waals surface area contributed by atoms with Gasteiger partial charge in [-0.2, -0.15) is 0 Å². The molecule has 0 heterocycles. The van der Waals surface area contributed by atoms with Crippen LogP contribution in [0.5, 0.6) is 0 Å². The summed E-state index contributed by atoms with van der Waals surface area (Å²) in [5.74, 6) is 0.970. The summed E-state index contributed by atoms with van der Waals surface area (Å²) in [5, 5.41) is 0. The third kappa shape index (κ3) is 37.4. The average molecular weight is 253 g/mol. The molecule has 0 aliphatic rings. The maximum atomic E-state index is 10.3. The van der Waals surface area contributed by atoms with Gasteiger partial charge in [0, 0.05) is 6.42 Å². The quantitative estimate of drug-likeness (QED) is 0.835. The second kappa shape index (κ2) is 12.6. The van der Waals surface area contributed by atoms with Crippen molar-refractivity contribution in [1.82, 2.24) is 4.72 Å². The van der Waals surface area contributed by atoms with Crippen LogP contribution in [0, 0.1) is 5.92 Å². The minimum Gasteiger partial charge on any atom is -0.300 e. The lowest BCUT2D eigenvalue weighted by molar-refractivity contribution is -0.117. The Labute approximate surface area is 101 Å². The van der Waals surface area contributed by atoms with Gasteiger partial charge in [-0.15, -0.1) is 0 Å². The molecule has 0 aromatic carbocycles. The zero-order valence-electron chi connectivity index (χ0n) is 11.6. The summed E-state index contributed by atoms with van der Waals surface area (Å²) >= 11 is 0. The number of nitrogens with one attached hydrogen (secondary N) is 1. The van der Waals surface area contributed by atoms with Crippen LogP contribution < -0.4 is 4.72 Å². The predicted molar refractivity (Wildman–Crippen MR) is 70.0 cm³/mol. The van der Waals surface area contributed by atoms with Crippen LogP contribution in [0.3, 0.4) is 0 Å². The monoisotopic (exact) mass is 253 g/mol. The lowest BCUT2D eigenvalue weighted by Gasteiger charge is -1.98. The van der Waals surface area contributed by atoms with Crippen LogP contribution in [-0.4, -0.2) is 27.5 Å². The normalized spacial score (nSPS) is 9.75. The number of carbonyl (C=O) groups excluding carboxylic acids is 1. The van der Waals surface area contributed by atoms with Gasteiger partial charge < -0.3 is 4.79 Å². The summed E-state index contributed by atoms with van der Waals surface area (Å²) in [5.41, 5.74) is 0. The highest BCUT2D eigenvalue weighted by molar-refractivity contribution is 7.88. The van der Waals surface area contributed by atoms with Gasteiger partial charge >= 0.3 is 0 Å². The first kappa shape index (κ1) is 20.9. The van der Waals surface area contributed by atoms with Crippen LogP contribution in [0.15, 0.2) is 0 Å². The SMILES string of the molecule is CC.CC(=O)CCC(C)C.CNS(C)(=O)=O. The van der Waals surface area contributed by atoms with Crippen molar-refractivity contribution >= 4 is 15.8 Å². The number of ketones is 1. The van der Waals surface area contributed by atoms with E-state index in [2.05, 4.69) is 18.6 Å². The third-order valence-corrected chi connectivity index (χ3v) is 2.19. The van der Waals surface area contributed by atoms with E-state index in [4.69, 9.17) is 0 Å². The van der Waals surface area contributed by atoms with Gasteiger partial charge in [0.1, 0.15) is 5.78 Å². The van der Waals surface area contributed by atoms with Gasteiger partial charge in [-0.25, -0.2) is 13.1 Å². The van der Waals surface area contributed by atoms with Crippen molar-refractivity contribution in [2.75, 3.05) is 13.3 Å². The number of hydrogen-bond donors (Lipinski definition) is 1. The van der Waals surface area contributed by atoms with Crippen LogP contribution in [0.2, 0.25) is 0 Å². The van der Waals surface area contributed by atoms with Crippen LogP contribution in [0.4, 0.5) is 0 Å². The molecular weight excluding hydrogens is 226 g/mol. The van der Waals surface area contributed by atoms with Crippen LogP contribution in [0.1, 0.15) is 47.5 Å². The molecule has 5 heteroatoms. The molecule has 4 nitrogen and oxygen atoms in total. The summed E-state index contributed by atoms with van der Waals surface area (Å²) in [6.07, 6.45) is 2.89. The van der Waals surface area contributed by atoms with Gasteiger partial charge in [-0.1, -0.05) is 27.7 Å². The predicted octanol–water partition coefficient (Wildman–Crippen LogP) is 2.20. The molecular formula is C11H27NO3S. The van der Waals surface area contributed by atoms with Gasteiger partial charge in [0.05, 0.1) is 6.26 Å². The molecule has 0 aliphatic carbocycles. The molecule has 0 saturated carbocycles. The highest BCUT2D eigenvalue weighted by atomic mass is 32.2. The molecule has 16 heavy (non-hydrogen) atoms. The first-order chi connectivity index (χ1) is 7.19. The minimum absolute atomic E-state index is 0.304. The lowest BCUT2D eigenvalue weighted by atomic mass is 10.1. The summed E-state index contributed by atoms with van der Waals surface area (Å²) in [4.78, 5) is 10.3. The van der Waals surface area contributed by atoms with E-state index in [0.717, 1.165) is 19.1 Å². The van der Waals surface area contributed by atoms with E-state index in [0.29, 0.717) is 11.7 Å². The molecule has 0 fully saturated rings. The molecule has 0 rings (SSSR count). The Morgan fingerprint density at radius 2 is 1.56 bits per heavy atom. The van der Waals surface area contributed by atoms with Gasteiger partial charge in [0.25, 0.3) is 0 Å². The van der Waals surface area contributed by atoms with Crippen molar-refractivity contribution in [2.24, 2.45) is 5.92 Å². The third-order valence-electron chi connectivity index (χ3n) is 1.44. The fraction of sp³-hybridized carbons (Fsp3) is 0.909. The summed E-state index contributed by atoms with van der Waals surface area (Å²) < 4.78 is 21.9. The molecule has 0 atom stereocenters. The molecule has 0 amide bonds. The van der Waals surface area contributed by atoms with Crippen LogP contribution >= 0.6 is 0 Å². The average Bonchev–Trinajstić information content (AvgIpc) is 2.18. The number of carbonyl (C=O) groups is 1. The molecule has 0 aromatic rings. The van der Waals surface area contributed by atoms with Crippen molar-refractivity contribution in [3.05, 3.63) is 0 Å². The van der Waals surface area contributed by atoms with E-state index in [1.165, 1.54) is 7.05 Å². The Hall–Kier alpha value is -0.420. The van der Waals surface area contributed by atoms with E-state index < -0.39 is 10.0 Å². The second-order valence-electron chi connectivity index (χ2n) is 3.61. The molecule has 0 aliphatic heterocycles. The fourth-order valence-corrected chi connectivity index (χ4v) is 0.492. The molecule has 0 spiro atoms. The molecule has 0 unspecified atom stereocenters. The Kier molecular flexibility index (Phi) is 16.5. The first-order valence-electron chi connectivity index (χ1n) is 5.57. The van der Waals surface area contributed by atoms with E-state index in [1.807, 2.05) is 13.8 Å². The first-order valence-corrected chi connectivity index (χ1v) is 7.46. The zero-order chi connectivity index (χ0) is 13.8. The molecule has 0 aromatic heterocycles. The smallest absolute Gasteiger partial charge is 0.208 e. The lowest BCUT2D eigenvalue weighted by Crippen LogP contribution is -2.15. The molecule has 0 bridgehead atoms. The van der Waals surface area contributed by atoms with Crippen molar-refractivity contribution in [3.8, 4) is 0 Å². The standard InChI is InChI=1S/C7H14O.C2H7NO2S.C2H6/c1-6(2)4-5-7(3)8;1-3-6(2,4)5;1-2/h6H,4-5H2,1-3H3;3H,1-2H3;1-2H3. The number of hydrogen-bond acceptors (Lipinski definition) is 3. The fourth-order valence-electron chi connectivity index (χ4n) is 0.492. The van der Waals surface area contributed by atoms with E-state index in [9.17, 15) is 13.2 Å². The van der Waals surface area contributed by atoms with Crippen LogP contribution in [-0.2, 0) is 14.8 Å². The Morgan fingerprint density at radius 1 is 1.25 bits per heavy atom. The molecule has 100 valence electrons. The van der Waals surface area contributed by atoms with Gasteiger partial charge in [-0.05, 0) is 26.3 Å². The Bertz CT molecular complexity index is 246.